The number of hydrogen-bond acceptors (Lipinski definition) is 2. The molecule has 0 heterocycles. The fourth-order valence-electron chi connectivity index (χ4n) is 1.96. The maximum Gasteiger partial charge on any atom is 0.410 e. The zero-order chi connectivity index (χ0) is 13.4. The van der Waals surface area contributed by atoms with Crippen molar-refractivity contribution in [1.82, 2.24) is 4.90 Å². The number of hydrogen-bond donors (Lipinski definition) is 0. The molecule has 1 aromatic carbocycles. The van der Waals surface area contributed by atoms with Crippen LogP contribution in [0.5, 0.6) is 0 Å². The molecule has 0 fully saturated rings. The minimum atomic E-state index is -0.268. The highest BCUT2D eigenvalue weighted by Gasteiger charge is 2.23. The second-order valence-electron chi connectivity index (χ2n) is 3.94. The van der Waals surface area contributed by atoms with Crippen molar-refractivity contribution < 1.29 is 9.53 Å². The largest absolute Gasteiger partial charge is 0.450 e. The first-order chi connectivity index (χ1) is 8.74. The van der Waals surface area contributed by atoms with E-state index in [2.05, 4.69) is 6.58 Å². The molecule has 1 atom stereocenters. The molecule has 1 amide bonds. The van der Waals surface area contributed by atoms with E-state index < -0.39 is 0 Å². The summed E-state index contributed by atoms with van der Waals surface area (Å²) in [5.41, 5.74) is 1.10. The van der Waals surface area contributed by atoms with Crippen molar-refractivity contribution in [2.24, 2.45) is 0 Å². The number of nitrogens with zero attached hydrogens (tertiary/aromatic N) is 1. The summed E-state index contributed by atoms with van der Waals surface area (Å²) >= 11 is 0. The van der Waals surface area contributed by atoms with E-state index in [1.54, 1.807) is 4.90 Å². The summed E-state index contributed by atoms with van der Waals surface area (Å²) in [5, 5.41) is 0. The highest BCUT2D eigenvalue weighted by Crippen LogP contribution is 2.25. The van der Waals surface area contributed by atoms with E-state index in [-0.39, 0.29) is 12.1 Å². The summed E-state index contributed by atoms with van der Waals surface area (Å²) in [6.07, 6.45) is 2.28. The van der Waals surface area contributed by atoms with E-state index in [9.17, 15) is 4.79 Å². The summed E-state index contributed by atoms with van der Waals surface area (Å²) < 4.78 is 5.10. The van der Waals surface area contributed by atoms with Crippen LogP contribution in [0.15, 0.2) is 43.0 Å². The zero-order valence-corrected chi connectivity index (χ0v) is 11.1. The molecule has 98 valence electrons. The lowest BCUT2D eigenvalue weighted by Crippen LogP contribution is -2.35. The Labute approximate surface area is 109 Å². The Kier molecular flexibility index (Phi) is 5.98. The summed E-state index contributed by atoms with van der Waals surface area (Å²) in [7, 11) is 0. The van der Waals surface area contributed by atoms with Crippen molar-refractivity contribution in [3.05, 3.63) is 48.6 Å². The van der Waals surface area contributed by atoms with Gasteiger partial charge < -0.3 is 9.64 Å². The Balaban J connectivity index is 2.95. The van der Waals surface area contributed by atoms with Gasteiger partial charge in [0.1, 0.15) is 0 Å². The number of carbonyl (C=O) groups is 1. The standard InChI is InChI=1S/C15H21NO2/c1-4-10-14(13-11-8-7-9-12-13)16(5-2)15(17)18-6-3/h4,7-9,11-12,14H,1,5-6,10H2,2-3H3. The van der Waals surface area contributed by atoms with Gasteiger partial charge in [0.05, 0.1) is 12.6 Å². The molecular formula is C15H21NO2. The third-order valence-electron chi connectivity index (χ3n) is 2.79. The van der Waals surface area contributed by atoms with E-state index in [0.29, 0.717) is 13.2 Å². The second kappa shape index (κ2) is 7.54. The quantitative estimate of drug-likeness (QED) is 0.716. The average Bonchev–Trinajstić information content (AvgIpc) is 2.40. The van der Waals surface area contributed by atoms with Crippen molar-refractivity contribution in [3.8, 4) is 0 Å². The minimum absolute atomic E-state index is 0.00671. The van der Waals surface area contributed by atoms with Gasteiger partial charge in [-0.3, -0.25) is 0 Å². The van der Waals surface area contributed by atoms with Gasteiger partial charge in [-0.2, -0.15) is 0 Å². The van der Waals surface area contributed by atoms with Gasteiger partial charge in [0.15, 0.2) is 0 Å². The van der Waals surface area contributed by atoms with E-state index in [4.69, 9.17) is 4.74 Å². The van der Waals surface area contributed by atoms with E-state index in [1.165, 1.54) is 0 Å². The Morgan fingerprint density at radius 1 is 1.39 bits per heavy atom. The molecule has 0 aliphatic heterocycles. The Morgan fingerprint density at radius 2 is 2.06 bits per heavy atom. The van der Waals surface area contributed by atoms with Gasteiger partial charge in [0.2, 0.25) is 0 Å². The predicted octanol–water partition coefficient (Wildman–Crippen LogP) is 3.78. The summed E-state index contributed by atoms with van der Waals surface area (Å²) in [5.74, 6) is 0. The first-order valence-electron chi connectivity index (χ1n) is 6.33. The molecule has 0 aliphatic rings. The van der Waals surface area contributed by atoms with Gasteiger partial charge in [0.25, 0.3) is 0 Å². The van der Waals surface area contributed by atoms with Gasteiger partial charge >= 0.3 is 6.09 Å². The first-order valence-corrected chi connectivity index (χ1v) is 6.33. The van der Waals surface area contributed by atoms with Gasteiger partial charge in [-0.25, -0.2) is 4.79 Å². The molecule has 0 aliphatic carbocycles. The number of rotatable bonds is 6. The number of carbonyl (C=O) groups excluding carboxylic acids is 1. The molecule has 1 unspecified atom stereocenters. The smallest absolute Gasteiger partial charge is 0.410 e. The molecule has 3 heteroatoms. The minimum Gasteiger partial charge on any atom is -0.450 e. The molecule has 1 aromatic rings. The van der Waals surface area contributed by atoms with Crippen molar-refractivity contribution in [3.63, 3.8) is 0 Å². The topological polar surface area (TPSA) is 29.5 Å². The number of amides is 1. The Bertz CT molecular complexity index is 375. The molecule has 0 saturated carbocycles. The molecule has 0 aromatic heterocycles. The van der Waals surface area contributed by atoms with E-state index in [0.717, 1.165) is 12.0 Å². The maximum atomic E-state index is 11.9. The van der Waals surface area contributed by atoms with Crippen molar-refractivity contribution >= 4 is 6.09 Å². The SMILES string of the molecule is C=CCC(c1ccccc1)N(CC)C(=O)OCC. The lowest BCUT2D eigenvalue weighted by Gasteiger charge is -2.29. The molecular weight excluding hydrogens is 226 g/mol. The lowest BCUT2D eigenvalue weighted by atomic mass is 10.0. The van der Waals surface area contributed by atoms with Crippen LogP contribution in [0, 0.1) is 0 Å². The average molecular weight is 247 g/mol. The summed E-state index contributed by atoms with van der Waals surface area (Å²) in [4.78, 5) is 13.7. The van der Waals surface area contributed by atoms with Crippen LogP contribution in [-0.2, 0) is 4.74 Å². The van der Waals surface area contributed by atoms with Gasteiger partial charge in [-0.05, 0) is 25.8 Å². The Hall–Kier alpha value is -1.77. The number of ether oxygens (including phenoxy) is 1. The second-order valence-corrected chi connectivity index (χ2v) is 3.94. The highest BCUT2D eigenvalue weighted by atomic mass is 16.6. The van der Waals surface area contributed by atoms with Crippen LogP contribution < -0.4 is 0 Å². The van der Waals surface area contributed by atoms with Crippen molar-refractivity contribution in [2.45, 2.75) is 26.3 Å². The first kappa shape index (κ1) is 14.3. The van der Waals surface area contributed by atoms with Crippen LogP contribution >= 0.6 is 0 Å². The maximum absolute atomic E-state index is 11.9. The third-order valence-corrected chi connectivity index (χ3v) is 2.79. The summed E-state index contributed by atoms with van der Waals surface area (Å²) in [6, 6.07) is 9.96. The molecule has 1 rings (SSSR count). The van der Waals surface area contributed by atoms with Gasteiger partial charge in [0, 0.05) is 6.54 Å². The summed E-state index contributed by atoms with van der Waals surface area (Å²) in [6.45, 7) is 8.55. The van der Waals surface area contributed by atoms with Crippen LogP contribution in [-0.4, -0.2) is 24.1 Å². The predicted molar refractivity (Wildman–Crippen MR) is 73.4 cm³/mol. The third kappa shape index (κ3) is 3.62. The fourth-order valence-corrected chi connectivity index (χ4v) is 1.96. The normalized spacial score (nSPS) is 11.7. The molecule has 0 spiro atoms. The Morgan fingerprint density at radius 3 is 2.56 bits per heavy atom. The van der Waals surface area contributed by atoms with Crippen molar-refractivity contribution in [1.29, 1.82) is 0 Å². The van der Waals surface area contributed by atoms with Crippen LogP contribution in [0.3, 0.4) is 0 Å². The monoisotopic (exact) mass is 247 g/mol. The number of benzene rings is 1. The molecule has 0 radical (unpaired) electrons. The van der Waals surface area contributed by atoms with E-state index in [1.807, 2.05) is 50.3 Å². The van der Waals surface area contributed by atoms with Crippen LogP contribution in [0.4, 0.5) is 4.79 Å². The van der Waals surface area contributed by atoms with Gasteiger partial charge in [-0.1, -0.05) is 36.4 Å². The highest BCUT2D eigenvalue weighted by molar-refractivity contribution is 5.68. The molecule has 0 saturated heterocycles. The lowest BCUT2D eigenvalue weighted by molar-refractivity contribution is 0.0926. The molecule has 0 N–H and O–H groups in total. The van der Waals surface area contributed by atoms with Crippen molar-refractivity contribution in [2.75, 3.05) is 13.2 Å². The molecule has 3 nitrogen and oxygen atoms in total. The van der Waals surface area contributed by atoms with E-state index >= 15 is 0 Å². The van der Waals surface area contributed by atoms with Gasteiger partial charge in [-0.15, -0.1) is 6.58 Å². The molecule has 0 bridgehead atoms. The van der Waals surface area contributed by atoms with Crippen LogP contribution in [0.2, 0.25) is 0 Å². The zero-order valence-electron chi connectivity index (χ0n) is 11.1. The van der Waals surface area contributed by atoms with Crippen LogP contribution in [0.25, 0.3) is 0 Å². The van der Waals surface area contributed by atoms with Crippen LogP contribution in [0.1, 0.15) is 31.9 Å². The molecule has 18 heavy (non-hydrogen) atoms. The fraction of sp³-hybridized carbons (Fsp3) is 0.400.